The minimum Gasteiger partial charge on any atom is -0.243 e. The Morgan fingerprint density at radius 2 is 1.84 bits per heavy atom. The molecule has 0 atom stereocenters. The van der Waals surface area contributed by atoms with E-state index < -0.39 is 15.7 Å². The third kappa shape index (κ3) is 2.54. The number of benzene rings is 1. The second kappa shape index (κ2) is 5.14. The van der Waals surface area contributed by atoms with Gasteiger partial charge in [0.05, 0.1) is 11.4 Å². The van der Waals surface area contributed by atoms with Crippen molar-refractivity contribution in [1.29, 1.82) is 0 Å². The van der Waals surface area contributed by atoms with Crippen LogP contribution in [-0.2, 0) is 16.6 Å². The Balaban J connectivity index is 2.51. The molecule has 1 aromatic heterocycles. The first-order valence-corrected chi connectivity index (χ1v) is 7.35. The first-order valence-electron chi connectivity index (χ1n) is 5.38. The van der Waals surface area contributed by atoms with Gasteiger partial charge in [-0.1, -0.05) is 21.8 Å². The summed E-state index contributed by atoms with van der Waals surface area (Å²) in [5.74, 6) is 0.142. The lowest BCUT2D eigenvalue weighted by Gasteiger charge is -2.02. The highest BCUT2D eigenvalue weighted by Crippen LogP contribution is 2.11. The van der Waals surface area contributed by atoms with Gasteiger partial charge < -0.3 is 0 Å². The third-order valence-corrected chi connectivity index (χ3v) is 4.18. The van der Waals surface area contributed by atoms with Gasteiger partial charge in [0, 0.05) is 5.88 Å². The smallest absolute Gasteiger partial charge is 0.243 e. The summed E-state index contributed by atoms with van der Waals surface area (Å²) in [7, 11) is -4.02. The largest absolute Gasteiger partial charge is 0.378 e. The molecular weight excluding hydrogens is 292 g/mol. The van der Waals surface area contributed by atoms with Crippen LogP contribution in [0.2, 0.25) is 0 Å². The molecule has 0 fully saturated rings. The number of hydrogen-bond acceptors (Lipinski definition) is 5. The van der Waals surface area contributed by atoms with Crippen LogP contribution < -0.4 is 5.69 Å². The van der Waals surface area contributed by atoms with Crippen LogP contribution in [0.5, 0.6) is 0 Å². The lowest BCUT2D eigenvalue weighted by atomic mass is 10.2. The van der Waals surface area contributed by atoms with Gasteiger partial charge >= 0.3 is 5.69 Å². The van der Waals surface area contributed by atoms with Crippen LogP contribution in [0, 0.1) is 6.92 Å². The first kappa shape index (κ1) is 13.8. The van der Waals surface area contributed by atoms with E-state index >= 15 is 0 Å². The molecule has 0 radical (unpaired) electrons. The van der Waals surface area contributed by atoms with E-state index in [0.29, 0.717) is 4.09 Å². The summed E-state index contributed by atoms with van der Waals surface area (Å²) in [6.07, 6.45) is 0. The molecule has 0 unspecified atom stereocenters. The Kier molecular flexibility index (Phi) is 3.72. The van der Waals surface area contributed by atoms with Gasteiger partial charge in [0.15, 0.2) is 0 Å². The molecule has 102 valence electrons. The fourth-order valence-corrected chi connectivity index (χ4v) is 2.71. The summed E-state index contributed by atoms with van der Waals surface area (Å²) in [5.41, 5.74) is 0.0818. The molecule has 0 N–H and O–H groups in total. The average Bonchev–Trinajstić information content (AvgIpc) is 2.73. The monoisotopic (exact) mass is 302 g/mol. The molecule has 0 amide bonds. The van der Waals surface area contributed by atoms with Gasteiger partial charge in [0.25, 0.3) is 10.0 Å². The molecule has 0 saturated carbocycles. The average molecular weight is 303 g/mol. The van der Waals surface area contributed by atoms with Gasteiger partial charge in [0.2, 0.25) is 0 Å². The number of rotatable bonds is 4. The van der Waals surface area contributed by atoms with E-state index in [-0.39, 0.29) is 17.3 Å². The SMILES string of the molecule is Cc1ccc(S(=O)(=O)n2nnn(CCCl)c2=O)cc1. The van der Waals surface area contributed by atoms with Crippen LogP contribution in [0.3, 0.4) is 0 Å². The van der Waals surface area contributed by atoms with Crippen molar-refractivity contribution in [3.05, 3.63) is 40.3 Å². The number of hydrogen-bond donors (Lipinski definition) is 0. The van der Waals surface area contributed by atoms with E-state index in [1.165, 1.54) is 12.1 Å². The zero-order valence-electron chi connectivity index (χ0n) is 10.0. The van der Waals surface area contributed by atoms with Gasteiger partial charge in [-0.15, -0.1) is 11.6 Å². The molecular formula is C10H11ClN4O3S. The minimum absolute atomic E-state index is 0.0156. The number of aromatic nitrogens is 4. The van der Waals surface area contributed by atoms with Gasteiger partial charge in [0.1, 0.15) is 0 Å². The number of aryl methyl sites for hydroxylation is 2. The minimum atomic E-state index is -4.02. The molecule has 0 aliphatic rings. The van der Waals surface area contributed by atoms with E-state index in [2.05, 4.69) is 10.4 Å². The van der Waals surface area contributed by atoms with E-state index in [0.717, 1.165) is 10.2 Å². The Morgan fingerprint density at radius 3 is 2.42 bits per heavy atom. The Labute approximate surface area is 114 Å². The van der Waals surface area contributed by atoms with E-state index in [4.69, 9.17) is 11.6 Å². The Morgan fingerprint density at radius 1 is 1.21 bits per heavy atom. The fraction of sp³-hybridized carbons (Fsp3) is 0.300. The molecule has 0 aliphatic carbocycles. The van der Waals surface area contributed by atoms with Crippen molar-refractivity contribution in [2.75, 3.05) is 5.88 Å². The van der Waals surface area contributed by atoms with Crippen LogP contribution in [0.4, 0.5) is 0 Å². The van der Waals surface area contributed by atoms with Crippen molar-refractivity contribution in [1.82, 2.24) is 19.2 Å². The van der Waals surface area contributed by atoms with Gasteiger partial charge in [-0.05, 0) is 29.5 Å². The lowest BCUT2D eigenvalue weighted by Crippen LogP contribution is -2.30. The second-order valence-corrected chi connectivity index (χ2v) is 5.98. The standard InChI is InChI=1S/C10H11ClN4O3S/c1-8-2-4-9(5-3-8)19(17,18)15-10(16)14(7-6-11)12-13-15/h2-5H,6-7H2,1H3. The van der Waals surface area contributed by atoms with E-state index in [1.54, 1.807) is 12.1 Å². The molecule has 0 aliphatic heterocycles. The third-order valence-electron chi connectivity index (χ3n) is 2.46. The van der Waals surface area contributed by atoms with Crippen molar-refractivity contribution >= 4 is 21.6 Å². The second-order valence-electron chi connectivity index (χ2n) is 3.83. The summed E-state index contributed by atoms with van der Waals surface area (Å²) < 4.78 is 25.7. The van der Waals surface area contributed by atoms with Gasteiger partial charge in [-0.25, -0.2) is 4.79 Å². The number of tetrazole rings is 1. The van der Waals surface area contributed by atoms with Crippen molar-refractivity contribution in [3.8, 4) is 0 Å². The Hall–Kier alpha value is -1.67. The zero-order valence-corrected chi connectivity index (χ0v) is 11.6. The highest BCUT2D eigenvalue weighted by Gasteiger charge is 2.22. The van der Waals surface area contributed by atoms with Crippen molar-refractivity contribution in [3.63, 3.8) is 0 Å². The van der Waals surface area contributed by atoms with Crippen molar-refractivity contribution in [2.24, 2.45) is 0 Å². The van der Waals surface area contributed by atoms with Crippen LogP contribution in [-0.4, -0.2) is 33.5 Å². The lowest BCUT2D eigenvalue weighted by molar-refractivity contribution is 0.575. The van der Waals surface area contributed by atoms with Crippen molar-refractivity contribution in [2.45, 2.75) is 18.4 Å². The molecule has 1 aromatic carbocycles. The van der Waals surface area contributed by atoms with Crippen LogP contribution in [0.1, 0.15) is 5.56 Å². The van der Waals surface area contributed by atoms with Crippen LogP contribution in [0.25, 0.3) is 0 Å². The molecule has 19 heavy (non-hydrogen) atoms. The highest BCUT2D eigenvalue weighted by atomic mass is 35.5. The van der Waals surface area contributed by atoms with E-state index in [1.807, 2.05) is 6.92 Å². The van der Waals surface area contributed by atoms with Gasteiger partial charge in [-0.2, -0.15) is 13.1 Å². The molecule has 9 heteroatoms. The van der Waals surface area contributed by atoms with Crippen molar-refractivity contribution < 1.29 is 8.42 Å². The summed E-state index contributed by atoms with van der Waals surface area (Å²) >= 11 is 5.48. The predicted molar refractivity (Wildman–Crippen MR) is 68.8 cm³/mol. The summed E-state index contributed by atoms with van der Waals surface area (Å²) in [6.45, 7) is 1.93. The fourth-order valence-electron chi connectivity index (χ4n) is 1.44. The van der Waals surface area contributed by atoms with E-state index in [9.17, 15) is 13.2 Å². The number of alkyl halides is 1. The highest BCUT2D eigenvalue weighted by molar-refractivity contribution is 7.89. The van der Waals surface area contributed by atoms with Crippen LogP contribution >= 0.6 is 11.6 Å². The zero-order chi connectivity index (χ0) is 14.0. The Bertz CT molecular complexity index is 733. The maximum absolute atomic E-state index is 12.2. The number of halogens is 1. The number of nitrogens with zero attached hydrogens (tertiary/aromatic N) is 4. The maximum Gasteiger partial charge on any atom is 0.378 e. The maximum atomic E-state index is 12.2. The molecule has 0 bridgehead atoms. The topological polar surface area (TPSA) is 86.8 Å². The quantitative estimate of drug-likeness (QED) is 0.754. The molecule has 1 heterocycles. The molecule has 2 rings (SSSR count). The summed E-state index contributed by atoms with van der Waals surface area (Å²) in [4.78, 5) is 11.8. The first-order chi connectivity index (χ1) is 8.96. The molecule has 0 saturated heterocycles. The summed E-state index contributed by atoms with van der Waals surface area (Å²) in [5, 5.41) is 6.84. The molecule has 0 spiro atoms. The normalized spacial score (nSPS) is 11.7. The molecule has 2 aromatic rings. The molecule has 7 nitrogen and oxygen atoms in total. The van der Waals surface area contributed by atoms with Gasteiger partial charge in [-0.3, -0.25) is 0 Å². The summed E-state index contributed by atoms with van der Waals surface area (Å²) in [6, 6.07) is 6.11. The predicted octanol–water partition coefficient (Wildman–Crippen LogP) is 0.224. The van der Waals surface area contributed by atoms with Crippen LogP contribution in [0.15, 0.2) is 34.0 Å².